The van der Waals surface area contributed by atoms with Crippen LogP contribution in [0.1, 0.15) is 16.2 Å². The number of carbonyl (C=O) groups excluding carboxylic acids is 1. The zero-order valence-electron chi connectivity index (χ0n) is 14.8. The first-order valence-corrected chi connectivity index (χ1v) is 7.98. The fraction of sp³-hybridized carbons (Fsp3) is 0.211. The van der Waals surface area contributed by atoms with E-state index >= 15 is 0 Å². The summed E-state index contributed by atoms with van der Waals surface area (Å²) >= 11 is 0. The van der Waals surface area contributed by atoms with Crippen molar-refractivity contribution < 1.29 is 18.8 Å². The molecule has 3 aromatic rings. The van der Waals surface area contributed by atoms with E-state index in [2.05, 4.69) is 10.1 Å². The third-order valence-electron chi connectivity index (χ3n) is 3.86. The van der Waals surface area contributed by atoms with Gasteiger partial charge in [-0.25, -0.2) is 0 Å². The summed E-state index contributed by atoms with van der Waals surface area (Å²) in [7, 11) is 4.67. The van der Waals surface area contributed by atoms with Crippen LogP contribution in [0.3, 0.4) is 0 Å². The molecule has 0 spiro atoms. The molecule has 1 heterocycles. The van der Waals surface area contributed by atoms with Gasteiger partial charge < -0.3 is 18.9 Å². The van der Waals surface area contributed by atoms with Crippen LogP contribution in [-0.2, 0) is 6.54 Å². The summed E-state index contributed by atoms with van der Waals surface area (Å²) in [5, 5.41) is 3.97. The highest BCUT2D eigenvalue weighted by molar-refractivity contribution is 5.99. The van der Waals surface area contributed by atoms with Gasteiger partial charge >= 0.3 is 0 Å². The Bertz CT molecular complexity index is 871. The van der Waals surface area contributed by atoms with Gasteiger partial charge in [0.25, 0.3) is 5.91 Å². The van der Waals surface area contributed by atoms with Crippen LogP contribution in [-0.4, -0.2) is 42.2 Å². The lowest BCUT2D eigenvalue weighted by molar-refractivity contribution is 0.0762. The number of carbonyl (C=O) groups is 1. The standard InChI is InChI=1S/C19H19N3O4/c1-22(19(23)17-14(24-2)10-7-11-15(17)25-3)12-16-20-18(21-26-16)13-8-5-4-6-9-13/h4-11H,12H2,1-3H3. The Hall–Kier alpha value is -3.35. The Labute approximate surface area is 151 Å². The number of hydrogen-bond donors (Lipinski definition) is 0. The molecule has 0 unspecified atom stereocenters. The molecule has 2 aromatic carbocycles. The van der Waals surface area contributed by atoms with E-state index in [-0.39, 0.29) is 12.5 Å². The summed E-state index contributed by atoms with van der Waals surface area (Å²) in [4.78, 5) is 18.7. The van der Waals surface area contributed by atoms with Gasteiger partial charge in [-0.15, -0.1) is 0 Å². The largest absolute Gasteiger partial charge is 0.496 e. The van der Waals surface area contributed by atoms with Crippen LogP contribution in [0.2, 0.25) is 0 Å². The minimum Gasteiger partial charge on any atom is -0.496 e. The lowest BCUT2D eigenvalue weighted by Gasteiger charge is -2.18. The molecule has 0 fully saturated rings. The number of ether oxygens (including phenoxy) is 2. The number of rotatable bonds is 6. The van der Waals surface area contributed by atoms with E-state index < -0.39 is 0 Å². The maximum absolute atomic E-state index is 12.9. The zero-order chi connectivity index (χ0) is 18.5. The second kappa shape index (κ2) is 7.69. The maximum Gasteiger partial charge on any atom is 0.261 e. The average molecular weight is 353 g/mol. The molecule has 7 nitrogen and oxygen atoms in total. The van der Waals surface area contributed by atoms with Gasteiger partial charge in [0.1, 0.15) is 23.6 Å². The van der Waals surface area contributed by atoms with Crippen molar-refractivity contribution in [3.8, 4) is 22.9 Å². The second-order valence-electron chi connectivity index (χ2n) is 5.58. The van der Waals surface area contributed by atoms with Crippen LogP contribution in [0.15, 0.2) is 53.1 Å². The van der Waals surface area contributed by atoms with Crippen LogP contribution in [0.4, 0.5) is 0 Å². The van der Waals surface area contributed by atoms with E-state index in [9.17, 15) is 4.79 Å². The first kappa shape index (κ1) is 17.5. The van der Waals surface area contributed by atoms with Gasteiger partial charge in [0, 0.05) is 12.6 Å². The molecular formula is C19H19N3O4. The van der Waals surface area contributed by atoms with Gasteiger partial charge in [-0.1, -0.05) is 41.6 Å². The lowest BCUT2D eigenvalue weighted by atomic mass is 10.1. The molecule has 0 aliphatic rings. The first-order chi connectivity index (χ1) is 12.6. The Morgan fingerprint density at radius 1 is 1.04 bits per heavy atom. The molecule has 1 amide bonds. The van der Waals surface area contributed by atoms with Crippen molar-refractivity contribution in [2.75, 3.05) is 21.3 Å². The highest BCUT2D eigenvalue weighted by Gasteiger charge is 2.23. The molecule has 0 saturated heterocycles. The zero-order valence-corrected chi connectivity index (χ0v) is 14.8. The van der Waals surface area contributed by atoms with E-state index in [1.165, 1.54) is 19.1 Å². The molecule has 0 bridgehead atoms. The molecule has 0 radical (unpaired) electrons. The van der Waals surface area contributed by atoms with Crippen molar-refractivity contribution in [2.45, 2.75) is 6.54 Å². The van der Waals surface area contributed by atoms with E-state index in [1.54, 1.807) is 25.2 Å². The average Bonchev–Trinajstić information content (AvgIpc) is 3.15. The molecule has 0 aliphatic heterocycles. The van der Waals surface area contributed by atoms with Crippen LogP contribution in [0, 0.1) is 0 Å². The van der Waals surface area contributed by atoms with Crippen molar-refractivity contribution in [3.05, 3.63) is 60.0 Å². The fourth-order valence-corrected chi connectivity index (χ4v) is 2.55. The number of aromatic nitrogens is 2. The van der Waals surface area contributed by atoms with Crippen molar-refractivity contribution in [1.82, 2.24) is 15.0 Å². The Kier molecular flexibility index (Phi) is 5.17. The van der Waals surface area contributed by atoms with Crippen LogP contribution >= 0.6 is 0 Å². The number of amides is 1. The highest BCUT2D eigenvalue weighted by atomic mass is 16.5. The van der Waals surface area contributed by atoms with Gasteiger partial charge in [-0.3, -0.25) is 4.79 Å². The normalized spacial score (nSPS) is 10.4. The van der Waals surface area contributed by atoms with Crippen molar-refractivity contribution in [2.24, 2.45) is 0 Å². The molecule has 0 atom stereocenters. The summed E-state index contributed by atoms with van der Waals surface area (Å²) in [5.41, 5.74) is 1.20. The quantitative estimate of drug-likeness (QED) is 0.678. The maximum atomic E-state index is 12.9. The molecule has 7 heteroatoms. The van der Waals surface area contributed by atoms with Crippen molar-refractivity contribution in [1.29, 1.82) is 0 Å². The molecule has 3 rings (SSSR count). The van der Waals surface area contributed by atoms with Crippen LogP contribution in [0.5, 0.6) is 11.5 Å². The van der Waals surface area contributed by atoms with E-state index in [1.807, 2.05) is 30.3 Å². The molecule has 26 heavy (non-hydrogen) atoms. The fourth-order valence-electron chi connectivity index (χ4n) is 2.55. The topological polar surface area (TPSA) is 77.7 Å². The lowest BCUT2D eigenvalue weighted by Crippen LogP contribution is -2.27. The Morgan fingerprint density at radius 2 is 1.69 bits per heavy atom. The summed E-state index contributed by atoms with van der Waals surface area (Å²) in [6.45, 7) is 0.167. The van der Waals surface area contributed by atoms with E-state index in [4.69, 9.17) is 14.0 Å². The minimum atomic E-state index is -0.265. The van der Waals surface area contributed by atoms with Gasteiger partial charge in [-0.2, -0.15) is 4.98 Å². The Morgan fingerprint density at radius 3 is 2.31 bits per heavy atom. The van der Waals surface area contributed by atoms with Crippen molar-refractivity contribution in [3.63, 3.8) is 0 Å². The minimum absolute atomic E-state index is 0.167. The second-order valence-corrected chi connectivity index (χ2v) is 5.58. The number of benzene rings is 2. The summed E-state index contributed by atoms with van der Waals surface area (Å²) in [6, 6.07) is 14.7. The first-order valence-electron chi connectivity index (χ1n) is 7.98. The van der Waals surface area contributed by atoms with Crippen molar-refractivity contribution >= 4 is 5.91 Å². The third kappa shape index (κ3) is 3.51. The monoisotopic (exact) mass is 353 g/mol. The molecular weight excluding hydrogens is 334 g/mol. The summed E-state index contributed by atoms with van der Waals surface area (Å²) in [5.74, 6) is 1.44. The SMILES string of the molecule is COc1cccc(OC)c1C(=O)N(C)Cc1nc(-c2ccccc2)no1. The summed E-state index contributed by atoms with van der Waals surface area (Å²) in [6.07, 6.45) is 0. The van der Waals surface area contributed by atoms with Gasteiger partial charge in [-0.05, 0) is 12.1 Å². The highest BCUT2D eigenvalue weighted by Crippen LogP contribution is 2.29. The smallest absolute Gasteiger partial charge is 0.261 e. The molecule has 0 aliphatic carbocycles. The summed E-state index contributed by atoms with van der Waals surface area (Å²) < 4.78 is 15.9. The molecule has 0 N–H and O–H groups in total. The van der Waals surface area contributed by atoms with Crippen LogP contribution < -0.4 is 9.47 Å². The molecule has 0 saturated carbocycles. The van der Waals surface area contributed by atoms with Gasteiger partial charge in [0.05, 0.1) is 14.2 Å². The number of nitrogens with zero attached hydrogens (tertiary/aromatic N) is 3. The predicted molar refractivity (Wildman–Crippen MR) is 95.1 cm³/mol. The predicted octanol–water partition coefficient (Wildman–Crippen LogP) is 3.03. The number of hydrogen-bond acceptors (Lipinski definition) is 6. The van der Waals surface area contributed by atoms with Gasteiger partial charge in [0.15, 0.2) is 0 Å². The molecule has 134 valence electrons. The molecule has 1 aromatic heterocycles. The van der Waals surface area contributed by atoms with Crippen LogP contribution in [0.25, 0.3) is 11.4 Å². The van der Waals surface area contributed by atoms with E-state index in [0.29, 0.717) is 28.8 Å². The third-order valence-corrected chi connectivity index (χ3v) is 3.86. The van der Waals surface area contributed by atoms with Gasteiger partial charge in [0.2, 0.25) is 11.7 Å². The number of methoxy groups -OCH3 is 2. The Balaban J connectivity index is 1.80. The van der Waals surface area contributed by atoms with E-state index in [0.717, 1.165) is 5.56 Å².